The van der Waals surface area contributed by atoms with E-state index in [1.54, 1.807) is 12.1 Å². The molecule has 1 aromatic carbocycles. The molecule has 5 nitrogen and oxygen atoms in total. The minimum absolute atomic E-state index is 0.306. The zero-order chi connectivity index (χ0) is 20.7. The highest BCUT2D eigenvalue weighted by Gasteiger charge is 2.62. The third-order valence-corrected chi connectivity index (χ3v) is 8.09. The highest BCUT2D eigenvalue weighted by atomic mass is 16.5. The molecule has 0 unspecified atom stereocenters. The summed E-state index contributed by atoms with van der Waals surface area (Å²) in [6.45, 7) is 2.63. The summed E-state index contributed by atoms with van der Waals surface area (Å²) in [5.74, 6) is 2.24. The van der Waals surface area contributed by atoms with Crippen molar-refractivity contribution < 1.29 is 14.3 Å². The van der Waals surface area contributed by atoms with Crippen LogP contribution in [0.2, 0.25) is 0 Å². The van der Waals surface area contributed by atoms with Crippen molar-refractivity contribution in [2.45, 2.75) is 51.1 Å². The van der Waals surface area contributed by atoms with Crippen molar-refractivity contribution >= 4 is 11.9 Å². The van der Waals surface area contributed by atoms with Gasteiger partial charge in [-0.3, -0.25) is 4.79 Å². The summed E-state index contributed by atoms with van der Waals surface area (Å²) in [5.41, 5.74) is 2.32. The Hall–Kier alpha value is -2.14. The van der Waals surface area contributed by atoms with Crippen LogP contribution in [0.1, 0.15) is 54.4 Å². The van der Waals surface area contributed by atoms with Crippen molar-refractivity contribution in [1.82, 2.24) is 10.2 Å². The Balaban J connectivity index is 1.10. The fraction of sp³-hybridized carbons (Fsp3) is 0.600. The van der Waals surface area contributed by atoms with Crippen molar-refractivity contribution in [2.75, 3.05) is 20.2 Å². The van der Waals surface area contributed by atoms with Gasteiger partial charge in [0.1, 0.15) is 0 Å². The fourth-order valence-corrected chi connectivity index (χ4v) is 6.31. The molecule has 5 heteroatoms. The average Bonchev–Trinajstić information content (AvgIpc) is 3.32. The van der Waals surface area contributed by atoms with E-state index in [0.717, 1.165) is 49.9 Å². The predicted molar refractivity (Wildman–Crippen MR) is 115 cm³/mol. The minimum atomic E-state index is -0.306. The fourth-order valence-electron chi connectivity index (χ4n) is 6.31. The standard InChI is InChI=1S/C25H32N2O3/c1-30-24(29)18-4-2-17(3-5-18)15-26-13-10-21-7-9-23(28)27(21)16-19-14-20-6-8-22(19)25(20)11-12-25/h2-6,8,19-22,26H,7,9-16H2,1H3/t19-,20+,21+,22+/m1/s1. The van der Waals surface area contributed by atoms with Crippen LogP contribution in [0.25, 0.3) is 0 Å². The number of ether oxygens (including phenoxy) is 1. The number of nitrogens with one attached hydrogen (secondary N) is 1. The number of carbonyl (C=O) groups excluding carboxylic acids is 2. The first-order valence-corrected chi connectivity index (χ1v) is 11.5. The van der Waals surface area contributed by atoms with Crippen LogP contribution in [0.5, 0.6) is 0 Å². The number of likely N-dealkylation sites (tertiary alicyclic amines) is 1. The van der Waals surface area contributed by atoms with Crippen LogP contribution in [0.15, 0.2) is 36.4 Å². The SMILES string of the molecule is COC(=O)c1ccc(CNCC[C@@H]2CCC(=O)N2C[C@H]2C[C@@H]3C=C[C@@H]2C32CC2)cc1. The molecule has 3 aliphatic carbocycles. The molecule has 1 saturated heterocycles. The number of nitrogens with zero attached hydrogens (tertiary/aromatic N) is 1. The van der Waals surface area contributed by atoms with Crippen LogP contribution in [0.4, 0.5) is 0 Å². The first-order valence-electron chi connectivity index (χ1n) is 11.5. The summed E-state index contributed by atoms with van der Waals surface area (Å²) in [5, 5.41) is 3.51. The molecule has 5 rings (SSSR count). The third-order valence-electron chi connectivity index (χ3n) is 8.09. The molecular weight excluding hydrogens is 376 g/mol. The summed E-state index contributed by atoms with van der Waals surface area (Å²) < 4.78 is 4.74. The maximum Gasteiger partial charge on any atom is 0.337 e. The van der Waals surface area contributed by atoms with Crippen LogP contribution >= 0.6 is 0 Å². The largest absolute Gasteiger partial charge is 0.465 e. The van der Waals surface area contributed by atoms with Gasteiger partial charge in [0.25, 0.3) is 0 Å². The first-order chi connectivity index (χ1) is 14.6. The molecular formula is C25H32N2O3. The van der Waals surface area contributed by atoms with Gasteiger partial charge in [-0.05, 0) is 79.5 Å². The van der Waals surface area contributed by atoms with E-state index in [9.17, 15) is 9.59 Å². The number of hydrogen-bond donors (Lipinski definition) is 1. The van der Waals surface area contributed by atoms with E-state index >= 15 is 0 Å². The predicted octanol–water partition coefficient (Wildman–Crippen LogP) is 3.55. The van der Waals surface area contributed by atoms with Crippen molar-refractivity contribution in [3.05, 3.63) is 47.5 Å². The van der Waals surface area contributed by atoms with Crippen LogP contribution in [-0.4, -0.2) is 43.0 Å². The number of esters is 1. The second-order valence-electron chi connectivity index (χ2n) is 9.64. The van der Waals surface area contributed by atoms with Crippen molar-refractivity contribution in [3.63, 3.8) is 0 Å². The van der Waals surface area contributed by atoms with Crippen LogP contribution < -0.4 is 5.32 Å². The maximum absolute atomic E-state index is 12.6. The van der Waals surface area contributed by atoms with Gasteiger partial charge in [-0.15, -0.1) is 0 Å². The molecule has 0 radical (unpaired) electrons. The molecule has 1 amide bonds. The van der Waals surface area contributed by atoms with E-state index in [4.69, 9.17) is 4.74 Å². The zero-order valence-corrected chi connectivity index (χ0v) is 17.8. The van der Waals surface area contributed by atoms with Gasteiger partial charge in [0.2, 0.25) is 5.91 Å². The molecule has 1 spiro atoms. The smallest absolute Gasteiger partial charge is 0.337 e. The molecule has 2 bridgehead atoms. The maximum atomic E-state index is 12.6. The number of rotatable bonds is 8. The Morgan fingerprint density at radius 3 is 2.73 bits per heavy atom. The topological polar surface area (TPSA) is 58.6 Å². The number of allylic oxidation sites excluding steroid dienone is 2. The van der Waals surface area contributed by atoms with Gasteiger partial charge in [-0.2, -0.15) is 0 Å². The Morgan fingerprint density at radius 2 is 2.03 bits per heavy atom. The quantitative estimate of drug-likeness (QED) is 0.406. The molecule has 0 aromatic heterocycles. The molecule has 3 fully saturated rings. The number of benzene rings is 1. The van der Waals surface area contributed by atoms with Gasteiger partial charge >= 0.3 is 5.97 Å². The van der Waals surface area contributed by atoms with E-state index in [1.807, 2.05) is 12.1 Å². The van der Waals surface area contributed by atoms with Crippen molar-refractivity contribution in [2.24, 2.45) is 23.2 Å². The average molecular weight is 409 g/mol. The number of methoxy groups -OCH3 is 1. The van der Waals surface area contributed by atoms with Gasteiger partial charge < -0.3 is 15.0 Å². The lowest BCUT2D eigenvalue weighted by Gasteiger charge is -2.30. The summed E-state index contributed by atoms with van der Waals surface area (Å²) in [6.07, 6.45) is 11.7. The van der Waals surface area contributed by atoms with Gasteiger partial charge in [0.05, 0.1) is 12.7 Å². The third kappa shape index (κ3) is 3.47. The van der Waals surface area contributed by atoms with Crippen molar-refractivity contribution in [1.29, 1.82) is 0 Å². The molecule has 30 heavy (non-hydrogen) atoms. The summed E-state index contributed by atoms with van der Waals surface area (Å²) in [7, 11) is 1.40. The second kappa shape index (κ2) is 7.84. The molecule has 1 heterocycles. The second-order valence-corrected chi connectivity index (χ2v) is 9.64. The highest BCUT2D eigenvalue weighted by molar-refractivity contribution is 5.89. The molecule has 1 aliphatic heterocycles. The lowest BCUT2D eigenvalue weighted by atomic mass is 9.88. The van der Waals surface area contributed by atoms with Gasteiger partial charge in [0.15, 0.2) is 0 Å². The molecule has 4 atom stereocenters. The molecule has 1 N–H and O–H groups in total. The van der Waals surface area contributed by atoms with Crippen LogP contribution in [0.3, 0.4) is 0 Å². The van der Waals surface area contributed by atoms with E-state index in [2.05, 4.69) is 22.4 Å². The van der Waals surface area contributed by atoms with Gasteiger partial charge in [0, 0.05) is 25.6 Å². The van der Waals surface area contributed by atoms with Gasteiger partial charge in [-0.1, -0.05) is 24.3 Å². The van der Waals surface area contributed by atoms with Crippen LogP contribution in [0, 0.1) is 23.2 Å². The van der Waals surface area contributed by atoms with E-state index in [-0.39, 0.29) is 5.97 Å². The lowest BCUT2D eigenvalue weighted by molar-refractivity contribution is -0.129. The normalized spacial score (nSPS) is 30.4. The van der Waals surface area contributed by atoms with E-state index in [0.29, 0.717) is 35.3 Å². The molecule has 1 aromatic rings. The number of amides is 1. The lowest BCUT2D eigenvalue weighted by Crippen LogP contribution is -2.39. The monoisotopic (exact) mass is 408 g/mol. The van der Waals surface area contributed by atoms with E-state index in [1.165, 1.54) is 26.4 Å². The van der Waals surface area contributed by atoms with E-state index < -0.39 is 0 Å². The van der Waals surface area contributed by atoms with Gasteiger partial charge in [-0.25, -0.2) is 4.79 Å². The Kier molecular flexibility index (Phi) is 5.18. The molecule has 160 valence electrons. The number of carbonyl (C=O) groups is 2. The Bertz CT molecular complexity index is 842. The van der Waals surface area contributed by atoms with Crippen molar-refractivity contribution in [3.8, 4) is 0 Å². The first kappa shape index (κ1) is 19.8. The zero-order valence-electron chi connectivity index (χ0n) is 17.8. The number of hydrogen-bond acceptors (Lipinski definition) is 4. The Morgan fingerprint density at radius 1 is 1.23 bits per heavy atom. The highest BCUT2D eigenvalue weighted by Crippen LogP contribution is 2.70. The molecule has 4 aliphatic rings. The Labute approximate surface area is 178 Å². The summed E-state index contributed by atoms with van der Waals surface area (Å²) >= 11 is 0. The minimum Gasteiger partial charge on any atom is -0.465 e. The molecule has 2 saturated carbocycles. The van der Waals surface area contributed by atoms with Crippen LogP contribution in [-0.2, 0) is 16.1 Å². The summed E-state index contributed by atoms with van der Waals surface area (Å²) in [6, 6.07) is 7.90. The summed E-state index contributed by atoms with van der Waals surface area (Å²) in [4.78, 5) is 26.3.